The lowest BCUT2D eigenvalue weighted by Gasteiger charge is -2.16. The summed E-state index contributed by atoms with van der Waals surface area (Å²) in [7, 11) is 0. The Morgan fingerprint density at radius 2 is 1.84 bits per heavy atom. The molecule has 0 spiro atoms. The minimum absolute atomic E-state index is 0.237. The molecule has 0 fully saturated rings. The fraction of sp³-hybridized carbons (Fsp3) is 0.250. The van der Waals surface area contributed by atoms with Gasteiger partial charge in [0.15, 0.2) is 0 Å². The lowest BCUT2D eigenvalue weighted by atomic mass is 9.93. The van der Waals surface area contributed by atoms with Crippen LogP contribution in [0.4, 0.5) is 4.39 Å². The molecule has 0 N–H and O–H groups in total. The fourth-order valence-corrected chi connectivity index (χ4v) is 2.88. The molecule has 0 nitrogen and oxygen atoms in total. The van der Waals surface area contributed by atoms with E-state index >= 15 is 0 Å². The molecule has 0 aromatic heterocycles. The Bertz CT molecular complexity index is 551. The van der Waals surface area contributed by atoms with E-state index in [-0.39, 0.29) is 10.8 Å². The first kappa shape index (κ1) is 14.5. The number of benzene rings is 2. The van der Waals surface area contributed by atoms with Crippen LogP contribution in [-0.4, -0.2) is 5.33 Å². The number of rotatable bonds is 4. The van der Waals surface area contributed by atoms with Crippen molar-refractivity contribution in [2.24, 2.45) is 0 Å². The van der Waals surface area contributed by atoms with E-state index in [0.717, 1.165) is 17.3 Å². The average Bonchev–Trinajstić information content (AvgIpc) is 2.42. The van der Waals surface area contributed by atoms with Gasteiger partial charge in [0.25, 0.3) is 0 Å². The predicted octanol–water partition coefficient (Wildman–Crippen LogP) is 5.51. The summed E-state index contributed by atoms with van der Waals surface area (Å²) in [4.78, 5) is 0. The minimum atomic E-state index is -0.351. The topological polar surface area (TPSA) is 0 Å². The fourth-order valence-electron chi connectivity index (χ4n) is 2.07. The van der Waals surface area contributed by atoms with Crippen molar-refractivity contribution in [3.8, 4) is 0 Å². The van der Waals surface area contributed by atoms with Crippen molar-refractivity contribution in [3.63, 3.8) is 0 Å². The third kappa shape index (κ3) is 3.58. The number of aryl methyl sites for hydroxylation is 1. The van der Waals surface area contributed by atoms with Gasteiger partial charge < -0.3 is 0 Å². The van der Waals surface area contributed by atoms with Gasteiger partial charge in [0, 0.05) is 5.33 Å². The van der Waals surface area contributed by atoms with Gasteiger partial charge in [-0.15, -0.1) is 0 Å². The van der Waals surface area contributed by atoms with Crippen LogP contribution >= 0.6 is 27.5 Å². The van der Waals surface area contributed by atoms with Gasteiger partial charge in [-0.3, -0.25) is 0 Å². The Morgan fingerprint density at radius 3 is 2.47 bits per heavy atom. The molecule has 0 aliphatic heterocycles. The highest BCUT2D eigenvalue weighted by molar-refractivity contribution is 9.09. The minimum Gasteiger partial charge on any atom is -0.205 e. The summed E-state index contributed by atoms with van der Waals surface area (Å²) in [6, 6.07) is 13.4. The highest BCUT2D eigenvalue weighted by Gasteiger charge is 2.14. The van der Waals surface area contributed by atoms with Crippen LogP contribution < -0.4 is 0 Å². The second-order valence-corrected chi connectivity index (χ2v) is 5.70. The molecule has 2 aromatic carbocycles. The quantitative estimate of drug-likeness (QED) is 0.643. The van der Waals surface area contributed by atoms with Crippen LogP contribution in [0.25, 0.3) is 0 Å². The molecule has 0 amide bonds. The predicted molar refractivity (Wildman–Crippen MR) is 82.8 cm³/mol. The normalized spacial score (nSPS) is 12.4. The zero-order valence-corrected chi connectivity index (χ0v) is 13.0. The highest BCUT2D eigenvalue weighted by atomic mass is 79.9. The summed E-state index contributed by atoms with van der Waals surface area (Å²) in [6.07, 6.45) is 0.727. The van der Waals surface area contributed by atoms with Crippen molar-refractivity contribution in [2.45, 2.75) is 19.3 Å². The van der Waals surface area contributed by atoms with E-state index in [1.54, 1.807) is 6.07 Å². The maximum atomic E-state index is 13.4. The SMILES string of the molecule is Cc1ccc(C(CBr)Cc2cccc(F)c2Cl)cc1. The van der Waals surface area contributed by atoms with Crippen LogP contribution in [0.5, 0.6) is 0 Å². The third-order valence-corrected chi connectivity index (χ3v) is 4.44. The van der Waals surface area contributed by atoms with Gasteiger partial charge in [-0.05, 0) is 36.5 Å². The summed E-state index contributed by atoms with van der Waals surface area (Å²) in [5, 5.41) is 1.06. The van der Waals surface area contributed by atoms with Gasteiger partial charge in [-0.25, -0.2) is 4.39 Å². The molecule has 0 heterocycles. The largest absolute Gasteiger partial charge is 0.205 e. The summed E-state index contributed by atoms with van der Waals surface area (Å²) < 4.78 is 13.4. The molecule has 0 saturated carbocycles. The Morgan fingerprint density at radius 1 is 1.16 bits per heavy atom. The van der Waals surface area contributed by atoms with Crippen LogP contribution in [-0.2, 0) is 6.42 Å². The molecule has 2 rings (SSSR count). The van der Waals surface area contributed by atoms with Gasteiger partial charge in [-0.2, -0.15) is 0 Å². The van der Waals surface area contributed by atoms with Crippen LogP contribution in [0.15, 0.2) is 42.5 Å². The third-order valence-electron chi connectivity index (χ3n) is 3.23. The Labute approximate surface area is 126 Å². The molecule has 0 aliphatic carbocycles. The van der Waals surface area contributed by atoms with E-state index in [2.05, 4.69) is 47.1 Å². The lowest BCUT2D eigenvalue weighted by molar-refractivity contribution is 0.624. The van der Waals surface area contributed by atoms with E-state index in [9.17, 15) is 4.39 Å². The van der Waals surface area contributed by atoms with Crippen LogP contribution in [0.1, 0.15) is 22.6 Å². The zero-order chi connectivity index (χ0) is 13.8. The van der Waals surface area contributed by atoms with Gasteiger partial charge in [0.2, 0.25) is 0 Å². The molecule has 19 heavy (non-hydrogen) atoms. The standard InChI is InChI=1S/C16H15BrClF/c1-11-5-7-12(8-6-11)14(10-17)9-13-3-2-4-15(19)16(13)18/h2-8,14H,9-10H2,1H3. The van der Waals surface area contributed by atoms with Gasteiger partial charge in [0.05, 0.1) is 5.02 Å². The molecule has 3 heteroatoms. The van der Waals surface area contributed by atoms with Gasteiger partial charge in [0.1, 0.15) is 5.82 Å². The molecule has 0 bridgehead atoms. The molecule has 1 atom stereocenters. The van der Waals surface area contributed by atoms with E-state index in [4.69, 9.17) is 11.6 Å². The Kier molecular flexibility index (Phi) is 5.00. The maximum Gasteiger partial charge on any atom is 0.142 e. The first-order valence-corrected chi connectivity index (χ1v) is 7.67. The van der Waals surface area contributed by atoms with Crippen molar-refractivity contribution in [2.75, 3.05) is 5.33 Å². The monoisotopic (exact) mass is 340 g/mol. The van der Waals surface area contributed by atoms with Crippen molar-refractivity contribution in [1.29, 1.82) is 0 Å². The van der Waals surface area contributed by atoms with Crippen LogP contribution in [0.2, 0.25) is 5.02 Å². The first-order chi connectivity index (χ1) is 9.11. The van der Waals surface area contributed by atoms with Crippen LogP contribution in [0, 0.1) is 12.7 Å². The van der Waals surface area contributed by atoms with Crippen molar-refractivity contribution in [3.05, 3.63) is 70.0 Å². The second kappa shape index (κ2) is 6.53. The molecule has 1 unspecified atom stereocenters. The van der Waals surface area contributed by atoms with E-state index in [0.29, 0.717) is 5.92 Å². The maximum absolute atomic E-state index is 13.4. The second-order valence-electron chi connectivity index (χ2n) is 4.68. The molecule has 2 aromatic rings. The molecule has 0 radical (unpaired) electrons. The summed E-state index contributed by atoms with van der Waals surface area (Å²) in [5.74, 6) is -0.0590. The number of hydrogen-bond donors (Lipinski definition) is 0. The lowest BCUT2D eigenvalue weighted by Crippen LogP contribution is -2.05. The van der Waals surface area contributed by atoms with Gasteiger partial charge >= 0.3 is 0 Å². The highest BCUT2D eigenvalue weighted by Crippen LogP contribution is 2.28. The molecular weight excluding hydrogens is 327 g/mol. The summed E-state index contributed by atoms with van der Waals surface area (Å²) in [5.41, 5.74) is 3.33. The average molecular weight is 342 g/mol. The first-order valence-electron chi connectivity index (χ1n) is 6.17. The molecule has 0 saturated heterocycles. The van der Waals surface area contributed by atoms with Crippen molar-refractivity contribution < 1.29 is 4.39 Å². The molecule has 0 aliphatic rings. The van der Waals surface area contributed by atoms with E-state index < -0.39 is 0 Å². The number of alkyl halides is 1. The summed E-state index contributed by atoms with van der Waals surface area (Å²) >= 11 is 9.55. The Balaban J connectivity index is 2.24. The smallest absolute Gasteiger partial charge is 0.142 e. The zero-order valence-electron chi connectivity index (χ0n) is 10.7. The van der Waals surface area contributed by atoms with Crippen LogP contribution in [0.3, 0.4) is 0 Å². The van der Waals surface area contributed by atoms with Crippen molar-refractivity contribution >= 4 is 27.5 Å². The van der Waals surface area contributed by atoms with Gasteiger partial charge in [-0.1, -0.05) is 69.5 Å². The molecule has 100 valence electrons. The van der Waals surface area contributed by atoms with E-state index in [1.165, 1.54) is 17.2 Å². The van der Waals surface area contributed by atoms with E-state index in [1.807, 2.05) is 6.07 Å². The number of halogens is 3. The summed E-state index contributed by atoms with van der Waals surface area (Å²) in [6.45, 7) is 2.07. The Hall–Kier alpha value is -0.860. The molecular formula is C16H15BrClF. The number of hydrogen-bond acceptors (Lipinski definition) is 0. The van der Waals surface area contributed by atoms with Crippen molar-refractivity contribution in [1.82, 2.24) is 0 Å².